The van der Waals surface area contributed by atoms with Gasteiger partial charge in [-0.25, -0.2) is 0 Å². The van der Waals surface area contributed by atoms with E-state index in [9.17, 15) is 9.59 Å². The molecule has 1 aliphatic rings. The Bertz CT molecular complexity index is 240. The standard InChI is InChI=1S/C10H18N2O2/c1-4-8-10(14)12(5-2)7(3)6-9(13)11-8/h7-8H,4-6H2,1-3H3,(H,11,13). The molecule has 4 nitrogen and oxygen atoms in total. The summed E-state index contributed by atoms with van der Waals surface area (Å²) in [5.41, 5.74) is 0. The first-order chi connectivity index (χ1) is 6.60. The average molecular weight is 198 g/mol. The highest BCUT2D eigenvalue weighted by molar-refractivity contribution is 5.90. The lowest BCUT2D eigenvalue weighted by Gasteiger charge is -2.26. The van der Waals surface area contributed by atoms with E-state index in [0.717, 1.165) is 0 Å². The summed E-state index contributed by atoms with van der Waals surface area (Å²) in [4.78, 5) is 25.0. The molecule has 1 N–H and O–H groups in total. The van der Waals surface area contributed by atoms with Crippen LogP contribution >= 0.6 is 0 Å². The fraction of sp³-hybridized carbons (Fsp3) is 0.800. The highest BCUT2D eigenvalue weighted by Gasteiger charge is 2.31. The normalized spacial score (nSPS) is 28.6. The van der Waals surface area contributed by atoms with Crippen molar-refractivity contribution in [3.05, 3.63) is 0 Å². The topological polar surface area (TPSA) is 49.4 Å². The molecule has 0 aromatic heterocycles. The van der Waals surface area contributed by atoms with E-state index in [2.05, 4.69) is 5.32 Å². The number of nitrogens with one attached hydrogen (secondary N) is 1. The van der Waals surface area contributed by atoms with Crippen LogP contribution in [0.2, 0.25) is 0 Å². The number of amides is 2. The van der Waals surface area contributed by atoms with Gasteiger partial charge in [-0.2, -0.15) is 0 Å². The van der Waals surface area contributed by atoms with Crippen molar-refractivity contribution in [3.8, 4) is 0 Å². The summed E-state index contributed by atoms with van der Waals surface area (Å²) in [7, 11) is 0. The first-order valence-electron chi connectivity index (χ1n) is 5.20. The summed E-state index contributed by atoms with van der Waals surface area (Å²) in [6.45, 7) is 6.44. The Labute approximate surface area is 84.7 Å². The number of hydrogen-bond acceptors (Lipinski definition) is 2. The fourth-order valence-corrected chi connectivity index (χ4v) is 1.86. The summed E-state index contributed by atoms with van der Waals surface area (Å²) in [5.74, 6) is 0.0296. The van der Waals surface area contributed by atoms with Crippen molar-refractivity contribution in [1.82, 2.24) is 10.2 Å². The Morgan fingerprint density at radius 2 is 2.07 bits per heavy atom. The first-order valence-corrected chi connectivity index (χ1v) is 5.20. The van der Waals surface area contributed by atoms with Crippen LogP contribution in [-0.2, 0) is 9.59 Å². The molecular formula is C10H18N2O2. The van der Waals surface area contributed by atoms with Gasteiger partial charge in [-0.1, -0.05) is 6.92 Å². The summed E-state index contributed by atoms with van der Waals surface area (Å²) >= 11 is 0. The lowest BCUT2D eigenvalue weighted by atomic mass is 10.2. The van der Waals surface area contributed by atoms with Gasteiger partial charge in [-0.15, -0.1) is 0 Å². The maximum absolute atomic E-state index is 11.9. The van der Waals surface area contributed by atoms with Crippen LogP contribution in [0.1, 0.15) is 33.6 Å². The lowest BCUT2D eigenvalue weighted by molar-refractivity contribution is -0.134. The predicted molar refractivity (Wildman–Crippen MR) is 53.7 cm³/mol. The van der Waals surface area contributed by atoms with E-state index < -0.39 is 0 Å². The van der Waals surface area contributed by atoms with Crippen LogP contribution in [0, 0.1) is 0 Å². The van der Waals surface area contributed by atoms with Gasteiger partial charge in [0, 0.05) is 19.0 Å². The van der Waals surface area contributed by atoms with Crippen LogP contribution in [0.5, 0.6) is 0 Å². The zero-order chi connectivity index (χ0) is 10.7. The van der Waals surface area contributed by atoms with Gasteiger partial charge in [0.1, 0.15) is 6.04 Å². The fourth-order valence-electron chi connectivity index (χ4n) is 1.86. The maximum atomic E-state index is 11.9. The third-order valence-corrected chi connectivity index (χ3v) is 2.68. The number of rotatable bonds is 2. The van der Waals surface area contributed by atoms with E-state index in [0.29, 0.717) is 19.4 Å². The summed E-state index contributed by atoms with van der Waals surface area (Å²) < 4.78 is 0. The molecule has 2 amide bonds. The van der Waals surface area contributed by atoms with Gasteiger partial charge in [0.05, 0.1) is 0 Å². The van der Waals surface area contributed by atoms with Crippen LogP contribution in [0.25, 0.3) is 0 Å². The molecule has 0 radical (unpaired) electrons. The maximum Gasteiger partial charge on any atom is 0.245 e. The van der Waals surface area contributed by atoms with Crippen molar-refractivity contribution in [1.29, 1.82) is 0 Å². The number of likely N-dealkylation sites (N-methyl/N-ethyl adjacent to an activating group) is 1. The molecule has 0 aromatic rings. The van der Waals surface area contributed by atoms with Gasteiger partial charge >= 0.3 is 0 Å². The molecule has 0 aliphatic carbocycles. The van der Waals surface area contributed by atoms with Gasteiger partial charge in [0.15, 0.2) is 0 Å². The zero-order valence-electron chi connectivity index (χ0n) is 9.04. The van der Waals surface area contributed by atoms with Gasteiger partial charge in [-0.05, 0) is 20.3 Å². The Hall–Kier alpha value is -1.06. The van der Waals surface area contributed by atoms with Crippen molar-refractivity contribution in [2.24, 2.45) is 0 Å². The largest absolute Gasteiger partial charge is 0.344 e. The highest BCUT2D eigenvalue weighted by atomic mass is 16.2. The molecule has 0 bridgehead atoms. The SMILES string of the molecule is CCC1NC(=O)CC(C)N(CC)C1=O. The van der Waals surface area contributed by atoms with Crippen LogP contribution < -0.4 is 5.32 Å². The van der Waals surface area contributed by atoms with E-state index in [1.165, 1.54) is 0 Å². The zero-order valence-corrected chi connectivity index (χ0v) is 9.04. The molecule has 1 saturated heterocycles. The van der Waals surface area contributed by atoms with Crippen molar-refractivity contribution >= 4 is 11.8 Å². The van der Waals surface area contributed by atoms with Crippen molar-refractivity contribution in [2.75, 3.05) is 6.54 Å². The minimum absolute atomic E-state index is 0.0176. The summed E-state index contributed by atoms with van der Waals surface area (Å²) in [6.07, 6.45) is 1.07. The molecule has 80 valence electrons. The van der Waals surface area contributed by atoms with E-state index in [1.807, 2.05) is 20.8 Å². The van der Waals surface area contributed by atoms with Crippen molar-refractivity contribution in [2.45, 2.75) is 45.7 Å². The summed E-state index contributed by atoms with van der Waals surface area (Å²) in [6, 6.07) is -0.309. The van der Waals surface area contributed by atoms with Gasteiger partial charge in [0.2, 0.25) is 11.8 Å². The minimum atomic E-state index is -0.326. The van der Waals surface area contributed by atoms with Gasteiger partial charge in [-0.3, -0.25) is 9.59 Å². The molecule has 14 heavy (non-hydrogen) atoms. The highest BCUT2D eigenvalue weighted by Crippen LogP contribution is 2.12. The quantitative estimate of drug-likeness (QED) is 0.703. The van der Waals surface area contributed by atoms with E-state index in [1.54, 1.807) is 4.90 Å². The molecule has 0 spiro atoms. The molecule has 2 unspecified atom stereocenters. The van der Waals surface area contributed by atoms with E-state index in [4.69, 9.17) is 0 Å². The van der Waals surface area contributed by atoms with Crippen molar-refractivity contribution < 1.29 is 9.59 Å². The third kappa shape index (κ3) is 2.05. The Balaban J connectivity index is 2.85. The Morgan fingerprint density at radius 1 is 1.43 bits per heavy atom. The third-order valence-electron chi connectivity index (χ3n) is 2.68. The molecule has 1 fully saturated rings. The number of hydrogen-bond donors (Lipinski definition) is 1. The van der Waals surface area contributed by atoms with Crippen molar-refractivity contribution in [3.63, 3.8) is 0 Å². The molecule has 0 aromatic carbocycles. The van der Waals surface area contributed by atoms with Crippen LogP contribution in [0.4, 0.5) is 0 Å². The average Bonchev–Trinajstić information content (AvgIpc) is 2.23. The summed E-state index contributed by atoms with van der Waals surface area (Å²) in [5, 5.41) is 2.74. The van der Waals surface area contributed by atoms with Crippen LogP contribution in [-0.4, -0.2) is 35.3 Å². The second-order valence-corrected chi connectivity index (χ2v) is 3.71. The molecule has 2 atom stereocenters. The molecule has 1 rings (SSSR count). The number of nitrogens with zero attached hydrogens (tertiary/aromatic N) is 1. The van der Waals surface area contributed by atoms with Crippen LogP contribution in [0.3, 0.4) is 0 Å². The minimum Gasteiger partial charge on any atom is -0.344 e. The Kier molecular flexibility index (Phi) is 3.49. The molecular weight excluding hydrogens is 180 g/mol. The molecule has 1 heterocycles. The predicted octanol–water partition coefficient (Wildman–Crippen LogP) is 0.522. The van der Waals surface area contributed by atoms with Gasteiger partial charge in [0.25, 0.3) is 0 Å². The first kappa shape index (κ1) is 11.0. The lowest BCUT2D eigenvalue weighted by Crippen LogP contribution is -2.45. The molecule has 4 heteroatoms. The van der Waals surface area contributed by atoms with Gasteiger partial charge < -0.3 is 10.2 Å². The Morgan fingerprint density at radius 3 is 2.57 bits per heavy atom. The number of carbonyl (C=O) groups excluding carboxylic acids is 2. The smallest absolute Gasteiger partial charge is 0.245 e. The second kappa shape index (κ2) is 4.44. The molecule has 1 aliphatic heterocycles. The number of carbonyl (C=O) groups is 2. The second-order valence-electron chi connectivity index (χ2n) is 3.71. The monoisotopic (exact) mass is 198 g/mol. The van der Waals surface area contributed by atoms with Crippen LogP contribution in [0.15, 0.2) is 0 Å². The van der Waals surface area contributed by atoms with E-state index in [-0.39, 0.29) is 23.9 Å². The van der Waals surface area contributed by atoms with E-state index >= 15 is 0 Å². The molecule has 0 saturated carbocycles.